The van der Waals surface area contributed by atoms with Crippen molar-refractivity contribution < 1.29 is 13.9 Å². The lowest BCUT2D eigenvalue weighted by Crippen LogP contribution is -2.29. The first kappa shape index (κ1) is 17.0. The van der Waals surface area contributed by atoms with Crippen LogP contribution in [0.1, 0.15) is 42.6 Å². The summed E-state index contributed by atoms with van der Waals surface area (Å²) in [5.74, 6) is 1.39. The van der Waals surface area contributed by atoms with Gasteiger partial charge in [-0.2, -0.15) is 0 Å². The highest BCUT2D eigenvalue weighted by Gasteiger charge is 2.22. The molecule has 0 unspecified atom stereocenters. The maximum atomic E-state index is 12.7. The zero-order chi connectivity index (χ0) is 17.8. The highest BCUT2D eigenvalue weighted by atomic mass is 16.5. The molecule has 0 aliphatic rings. The number of carbonyl (C=O) groups is 1. The molecule has 1 amide bonds. The van der Waals surface area contributed by atoms with Crippen LogP contribution in [0.4, 0.5) is 0 Å². The van der Waals surface area contributed by atoms with E-state index in [0.717, 1.165) is 17.5 Å². The Balaban J connectivity index is 1.86. The third-order valence-electron chi connectivity index (χ3n) is 3.95. The van der Waals surface area contributed by atoms with Gasteiger partial charge in [0.15, 0.2) is 5.58 Å². The molecule has 0 radical (unpaired) electrons. The van der Waals surface area contributed by atoms with E-state index in [2.05, 4.69) is 24.1 Å². The van der Waals surface area contributed by atoms with Crippen LogP contribution in [0, 0.1) is 5.92 Å². The van der Waals surface area contributed by atoms with Gasteiger partial charge < -0.3 is 14.5 Å². The van der Waals surface area contributed by atoms with Crippen molar-refractivity contribution in [3.63, 3.8) is 0 Å². The Bertz CT molecular complexity index is 837. The monoisotopic (exact) mass is 338 g/mol. The van der Waals surface area contributed by atoms with Gasteiger partial charge in [0.05, 0.1) is 7.11 Å². The molecule has 2 aromatic carbocycles. The number of hydrogen-bond acceptors (Lipinski definition) is 4. The van der Waals surface area contributed by atoms with E-state index in [9.17, 15) is 4.79 Å². The lowest BCUT2D eigenvalue weighted by molar-refractivity contribution is 0.0924. The number of nitrogens with one attached hydrogen (secondary N) is 1. The second-order valence-electron chi connectivity index (χ2n) is 6.41. The summed E-state index contributed by atoms with van der Waals surface area (Å²) < 4.78 is 11.1. The van der Waals surface area contributed by atoms with E-state index in [0.29, 0.717) is 23.1 Å². The molecule has 0 saturated heterocycles. The Kier molecular flexibility index (Phi) is 5.03. The van der Waals surface area contributed by atoms with E-state index in [1.165, 1.54) is 0 Å². The Morgan fingerprint density at radius 3 is 2.72 bits per heavy atom. The lowest BCUT2D eigenvalue weighted by atomic mass is 10.0. The fourth-order valence-electron chi connectivity index (χ4n) is 2.74. The summed E-state index contributed by atoms with van der Waals surface area (Å²) in [6.45, 7) is 4.21. The summed E-state index contributed by atoms with van der Waals surface area (Å²) in [6, 6.07) is 14.4. The molecule has 1 aromatic heterocycles. The second kappa shape index (κ2) is 7.38. The van der Waals surface area contributed by atoms with Gasteiger partial charge in [0.2, 0.25) is 5.89 Å². The molecule has 0 spiro atoms. The van der Waals surface area contributed by atoms with Crippen LogP contribution in [-0.4, -0.2) is 18.0 Å². The lowest BCUT2D eigenvalue weighted by Gasteiger charge is -2.18. The molecule has 5 nitrogen and oxygen atoms in total. The molecule has 0 bridgehead atoms. The second-order valence-corrected chi connectivity index (χ2v) is 6.41. The molecular weight excluding hydrogens is 316 g/mol. The Labute approximate surface area is 147 Å². The van der Waals surface area contributed by atoms with Crippen molar-refractivity contribution >= 4 is 17.0 Å². The number of nitrogens with zero attached hydrogens (tertiary/aromatic N) is 1. The number of fused-ring (bicyclic) bond motifs is 1. The van der Waals surface area contributed by atoms with E-state index in [4.69, 9.17) is 9.15 Å². The normalized spacial score (nSPS) is 12.3. The van der Waals surface area contributed by atoms with Crippen LogP contribution >= 0.6 is 0 Å². The Hall–Kier alpha value is -2.82. The van der Waals surface area contributed by atoms with Crippen molar-refractivity contribution in [2.24, 2.45) is 5.92 Å². The molecular formula is C20H22N2O3. The number of methoxy groups -OCH3 is 1. The summed E-state index contributed by atoms with van der Waals surface area (Å²) in [5.41, 5.74) is 2.06. The van der Waals surface area contributed by atoms with Crippen LogP contribution in [0.2, 0.25) is 0 Å². The van der Waals surface area contributed by atoms with Crippen LogP contribution in [0.3, 0.4) is 0 Å². The fourth-order valence-corrected chi connectivity index (χ4v) is 2.74. The minimum atomic E-state index is -0.286. The van der Waals surface area contributed by atoms with E-state index in [-0.39, 0.29) is 11.9 Å². The zero-order valence-electron chi connectivity index (χ0n) is 14.7. The third kappa shape index (κ3) is 3.99. The van der Waals surface area contributed by atoms with Crippen molar-refractivity contribution in [2.45, 2.75) is 26.3 Å². The predicted octanol–water partition coefficient (Wildman–Crippen LogP) is 4.35. The van der Waals surface area contributed by atoms with Crippen LogP contribution in [-0.2, 0) is 0 Å². The van der Waals surface area contributed by atoms with Gasteiger partial charge in [-0.25, -0.2) is 4.98 Å². The van der Waals surface area contributed by atoms with E-state index < -0.39 is 0 Å². The molecule has 25 heavy (non-hydrogen) atoms. The van der Waals surface area contributed by atoms with Crippen LogP contribution < -0.4 is 10.1 Å². The van der Waals surface area contributed by atoms with Crippen LogP contribution in [0.15, 0.2) is 52.9 Å². The van der Waals surface area contributed by atoms with Crippen molar-refractivity contribution in [3.05, 3.63) is 60.0 Å². The van der Waals surface area contributed by atoms with Crippen molar-refractivity contribution in [2.75, 3.05) is 7.11 Å². The van der Waals surface area contributed by atoms with Gasteiger partial charge in [0, 0.05) is 5.56 Å². The van der Waals surface area contributed by atoms with Crippen LogP contribution in [0.5, 0.6) is 5.75 Å². The number of hydrogen-bond donors (Lipinski definition) is 1. The quantitative estimate of drug-likeness (QED) is 0.725. The number of ether oxygens (including phenoxy) is 1. The van der Waals surface area contributed by atoms with Crippen molar-refractivity contribution in [3.8, 4) is 5.75 Å². The minimum absolute atomic E-state index is 0.174. The van der Waals surface area contributed by atoms with E-state index in [1.54, 1.807) is 25.3 Å². The number of carbonyl (C=O) groups excluding carboxylic acids is 1. The SMILES string of the molecule is COc1cccc(C(=O)N[C@H](CC(C)C)c2nc3ccccc3o2)c1. The summed E-state index contributed by atoms with van der Waals surface area (Å²) in [4.78, 5) is 17.2. The average molecular weight is 338 g/mol. The number of oxazole rings is 1. The highest BCUT2D eigenvalue weighted by Crippen LogP contribution is 2.25. The van der Waals surface area contributed by atoms with Crippen molar-refractivity contribution in [1.82, 2.24) is 10.3 Å². The van der Waals surface area contributed by atoms with Crippen LogP contribution in [0.25, 0.3) is 11.1 Å². The molecule has 0 aliphatic carbocycles. The molecule has 5 heteroatoms. The summed E-state index contributed by atoms with van der Waals surface area (Å²) in [7, 11) is 1.58. The molecule has 0 aliphatic heterocycles. The van der Waals surface area contributed by atoms with Gasteiger partial charge >= 0.3 is 0 Å². The Morgan fingerprint density at radius 2 is 2.00 bits per heavy atom. The molecule has 130 valence electrons. The largest absolute Gasteiger partial charge is 0.497 e. The number of para-hydroxylation sites is 2. The first-order chi connectivity index (χ1) is 12.1. The Morgan fingerprint density at radius 1 is 1.20 bits per heavy atom. The highest BCUT2D eigenvalue weighted by molar-refractivity contribution is 5.94. The van der Waals surface area contributed by atoms with Gasteiger partial charge in [0.1, 0.15) is 17.3 Å². The number of amides is 1. The first-order valence-corrected chi connectivity index (χ1v) is 8.37. The molecule has 3 rings (SSSR count). The molecule has 0 saturated carbocycles. The third-order valence-corrected chi connectivity index (χ3v) is 3.95. The summed E-state index contributed by atoms with van der Waals surface area (Å²) >= 11 is 0. The van der Waals surface area contributed by atoms with E-state index >= 15 is 0 Å². The summed E-state index contributed by atoms with van der Waals surface area (Å²) in [6.07, 6.45) is 0.739. The molecule has 0 fully saturated rings. The number of aromatic nitrogens is 1. The summed E-state index contributed by atoms with van der Waals surface area (Å²) in [5, 5.41) is 3.04. The van der Waals surface area contributed by atoms with Gasteiger partial charge in [-0.15, -0.1) is 0 Å². The molecule has 3 aromatic rings. The molecule has 1 N–H and O–H groups in total. The topological polar surface area (TPSA) is 64.4 Å². The molecule has 1 atom stereocenters. The van der Waals surface area contributed by atoms with Gasteiger partial charge in [-0.1, -0.05) is 32.0 Å². The predicted molar refractivity (Wildman–Crippen MR) is 96.7 cm³/mol. The smallest absolute Gasteiger partial charge is 0.252 e. The zero-order valence-corrected chi connectivity index (χ0v) is 14.7. The van der Waals surface area contributed by atoms with Crippen molar-refractivity contribution in [1.29, 1.82) is 0 Å². The molecule has 1 heterocycles. The van der Waals surface area contributed by atoms with Gasteiger partial charge in [0.25, 0.3) is 5.91 Å². The first-order valence-electron chi connectivity index (χ1n) is 8.37. The average Bonchev–Trinajstić information content (AvgIpc) is 3.05. The number of rotatable bonds is 6. The number of benzene rings is 2. The maximum Gasteiger partial charge on any atom is 0.252 e. The maximum absolute atomic E-state index is 12.7. The van der Waals surface area contributed by atoms with E-state index in [1.807, 2.05) is 30.3 Å². The van der Waals surface area contributed by atoms with Gasteiger partial charge in [-0.05, 0) is 42.7 Å². The van der Waals surface area contributed by atoms with Gasteiger partial charge in [-0.3, -0.25) is 4.79 Å². The fraction of sp³-hybridized carbons (Fsp3) is 0.300. The standard InChI is InChI=1S/C20H22N2O3/c1-13(2)11-17(20-22-16-9-4-5-10-18(16)25-20)21-19(23)14-7-6-8-15(12-14)24-3/h4-10,12-13,17H,11H2,1-3H3,(H,21,23)/t17-/m1/s1. The minimum Gasteiger partial charge on any atom is -0.497 e.